The van der Waals surface area contributed by atoms with Crippen LogP contribution in [0.25, 0.3) is 0 Å². The fraction of sp³-hybridized carbons (Fsp3) is 0.286. The van der Waals surface area contributed by atoms with Crippen LogP contribution in [-0.4, -0.2) is 6.61 Å². The quantitative estimate of drug-likeness (QED) is 0.719. The van der Waals surface area contributed by atoms with Crippen molar-refractivity contribution in [2.75, 3.05) is 6.61 Å². The smallest absolute Gasteiger partial charge is 0.123 e. The molecule has 1 aromatic heterocycles. The molecule has 0 aliphatic carbocycles. The highest BCUT2D eigenvalue weighted by Gasteiger charge is 2.13. The molecule has 2 rings (SSSR count). The van der Waals surface area contributed by atoms with E-state index in [9.17, 15) is 0 Å². The molecule has 1 aromatic carbocycles. The molecule has 90 valence electrons. The van der Waals surface area contributed by atoms with Crippen LogP contribution in [-0.2, 0) is 6.42 Å². The molecule has 0 aliphatic heterocycles. The monoisotopic (exact) mass is 310 g/mol. The molecule has 2 aromatic rings. The largest absolute Gasteiger partial charge is 0.494 e. The van der Waals surface area contributed by atoms with Crippen molar-refractivity contribution in [2.24, 2.45) is 0 Å². The van der Waals surface area contributed by atoms with Crippen LogP contribution >= 0.6 is 27.3 Å². The maximum absolute atomic E-state index is 5.65. The minimum atomic E-state index is 0.309. The third kappa shape index (κ3) is 3.33. The van der Waals surface area contributed by atoms with E-state index in [4.69, 9.17) is 4.74 Å². The van der Waals surface area contributed by atoms with Gasteiger partial charge in [0.15, 0.2) is 0 Å². The van der Waals surface area contributed by atoms with E-state index in [-0.39, 0.29) is 0 Å². The number of hydrogen-bond acceptors (Lipinski definition) is 2. The van der Waals surface area contributed by atoms with Crippen LogP contribution in [0.4, 0.5) is 0 Å². The zero-order valence-corrected chi connectivity index (χ0v) is 12.1. The first-order valence-electron chi connectivity index (χ1n) is 5.69. The van der Waals surface area contributed by atoms with E-state index >= 15 is 0 Å². The van der Waals surface area contributed by atoms with Gasteiger partial charge in [0.25, 0.3) is 0 Å². The second kappa shape index (κ2) is 6.22. The lowest BCUT2D eigenvalue weighted by Crippen LogP contribution is -2.00. The molecule has 0 spiro atoms. The fourth-order valence-electron chi connectivity index (χ4n) is 1.74. The molecule has 1 nitrogen and oxygen atoms in total. The van der Waals surface area contributed by atoms with Crippen LogP contribution in [0.2, 0.25) is 0 Å². The summed E-state index contributed by atoms with van der Waals surface area (Å²) in [5.74, 6) is 0.980. The maximum atomic E-state index is 5.65. The molecule has 0 amide bonds. The Balaban J connectivity index is 2.15. The summed E-state index contributed by atoms with van der Waals surface area (Å²) in [7, 11) is 0. The summed E-state index contributed by atoms with van der Waals surface area (Å²) in [6.07, 6.45) is 1.00. The van der Waals surface area contributed by atoms with E-state index < -0.39 is 0 Å². The zero-order chi connectivity index (χ0) is 12.1. The van der Waals surface area contributed by atoms with Gasteiger partial charge in [-0.2, -0.15) is 0 Å². The van der Waals surface area contributed by atoms with Crippen molar-refractivity contribution in [3.63, 3.8) is 0 Å². The van der Waals surface area contributed by atoms with Gasteiger partial charge in [-0.15, -0.1) is 11.3 Å². The number of benzene rings is 1. The Morgan fingerprint density at radius 2 is 2.06 bits per heavy atom. The molecule has 1 heterocycles. The summed E-state index contributed by atoms with van der Waals surface area (Å²) in [5.41, 5.74) is 1.22. The SMILES string of the molecule is CCOc1ccccc1C(Br)Cc1cccs1. The third-order valence-corrected chi connectivity index (χ3v) is 4.23. The van der Waals surface area contributed by atoms with Crippen molar-refractivity contribution < 1.29 is 4.74 Å². The van der Waals surface area contributed by atoms with E-state index in [1.807, 2.05) is 19.1 Å². The van der Waals surface area contributed by atoms with Crippen molar-refractivity contribution in [1.29, 1.82) is 0 Å². The minimum Gasteiger partial charge on any atom is -0.494 e. The number of ether oxygens (including phenoxy) is 1. The fourth-order valence-corrected chi connectivity index (χ4v) is 3.43. The molecular formula is C14H15BrOS. The first-order valence-corrected chi connectivity index (χ1v) is 7.49. The number of halogens is 1. The highest BCUT2D eigenvalue weighted by Crippen LogP contribution is 2.34. The van der Waals surface area contributed by atoms with E-state index in [1.165, 1.54) is 10.4 Å². The molecule has 0 fully saturated rings. The number of rotatable bonds is 5. The molecule has 0 saturated heterocycles. The normalized spacial score (nSPS) is 12.4. The van der Waals surface area contributed by atoms with Crippen LogP contribution in [0.5, 0.6) is 5.75 Å². The van der Waals surface area contributed by atoms with E-state index in [1.54, 1.807) is 11.3 Å². The molecule has 1 atom stereocenters. The average Bonchev–Trinajstić information content (AvgIpc) is 2.83. The van der Waals surface area contributed by atoms with Gasteiger partial charge in [-0.05, 0) is 30.9 Å². The van der Waals surface area contributed by atoms with Gasteiger partial charge in [-0.3, -0.25) is 0 Å². The first kappa shape index (κ1) is 12.7. The van der Waals surface area contributed by atoms with Gasteiger partial charge in [-0.1, -0.05) is 40.2 Å². The van der Waals surface area contributed by atoms with Gasteiger partial charge in [0.05, 0.1) is 6.61 Å². The standard InChI is InChI=1S/C14H15BrOS/c1-2-16-14-8-4-3-7-12(14)13(15)10-11-6-5-9-17-11/h3-9,13H,2,10H2,1H3. The maximum Gasteiger partial charge on any atom is 0.123 e. The molecule has 0 aliphatic rings. The summed E-state index contributed by atoms with van der Waals surface area (Å²) >= 11 is 5.55. The highest BCUT2D eigenvalue weighted by molar-refractivity contribution is 9.09. The van der Waals surface area contributed by atoms with Crippen molar-refractivity contribution in [3.8, 4) is 5.75 Å². The van der Waals surface area contributed by atoms with Crippen molar-refractivity contribution in [1.82, 2.24) is 0 Å². The molecule has 0 radical (unpaired) electrons. The van der Waals surface area contributed by atoms with E-state index in [0.29, 0.717) is 11.4 Å². The Morgan fingerprint density at radius 3 is 2.76 bits per heavy atom. The lowest BCUT2D eigenvalue weighted by atomic mass is 10.1. The van der Waals surface area contributed by atoms with Gasteiger partial charge in [0.1, 0.15) is 5.75 Å². The van der Waals surface area contributed by atoms with Gasteiger partial charge >= 0.3 is 0 Å². The second-order valence-electron chi connectivity index (χ2n) is 3.72. The number of hydrogen-bond donors (Lipinski definition) is 0. The van der Waals surface area contributed by atoms with Crippen LogP contribution in [0.1, 0.15) is 22.2 Å². The topological polar surface area (TPSA) is 9.23 Å². The molecular weight excluding hydrogens is 296 g/mol. The summed E-state index contributed by atoms with van der Waals surface area (Å²) in [4.78, 5) is 1.70. The average molecular weight is 311 g/mol. The van der Waals surface area contributed by atoms with Gasteiger partial charge in [0, 0.05) is 15.3 Å². The van der Waals surface area contributed by atoms with E-state index in [2.05, 4.69) is 45.6 Å². The lowest BCUT2D eigenvalue weighted by molar-refractivity contribution is 0.336. The van der Waals surface area contributed by atoms with Gasteiger partial charge in [-0.25, -0.2) is 0 Å². The van der Waals surface area contributed by atoms with Crippen molar-refractivity contribution >= 4 is 27.3 Å². The van der Waals surface area contributed by atoms with Crippen molar-refractivity contribution in [3.05, 3.63) is 52.2 Å². The first-order chi connectivity index (χ1) is 8.31. The number of alkyl halides is 1. The summed E-state index contributed by atoms with van der Waals surface area (Å²) in [5, 5.41) is 2.11. The van der Waals surface area contributed by atoms with Crippen LogP contribution in [0.15, 0.2) is 41.8 Å². The second-order valence-corrected chi connectivity index (χ2v) is 5.86. The Hall–Kier alpha value is -0.800. The molecule has 17 heavy (non-hydrogen) atoms. The van der Waals surface area contributed by atoms with Crippen LogP contribution in [0, 0.1) is 0 Å². The molecule has 0 saturated carbocycles. The summed E-state index contributed by atoms with van der Waals surface area (Å²) in [6, 6.07) is 12.5. The van der Waals surface area contributed by atoms with Crippen molar-refractivity contribution in [2.45, 2.75) is 18.2 Å². The van der Waals surface area contributed by atoms with E-state index in [0.717, 1.165) is 12.2 Å². The number of para-hydroxylation sites is 1. The zero-order valence-electron chi connectivity index (χ0n) is 9.73. The minimum absolute atomic E-state index is 0.309. The van der Waals surface area contributed by atoms with Crippen LogP contribution in [0.3, 0.4) is 0 Å². The van der Waals surface area contributed by atoms with Crippen LogP contribution < -0.4 is 4.74 Å². The van der Waals surface area contributed by atoms with Gasteiger partial charge < -0.3 is 4.74 Å². The Kier molecular flexibility index (Phi) is 4.63. The Bertz CT molecular complexity index is 453. The van der Waals surface area contributed by atoms with Gasteiger partial charge in [0.2, 0.25) is 0 Å². The predicted molar refractivity (Wildman–Crippen MR) is 77.3 cm³/mol. The number of thiophene rings is 1. The lowest BCUT2D eigenvalue weighted by Gasteiger charge is -2.14. The summed E-state index contributed by atoms with van der Waals surface area (Å²) < 4.78 is 5.65. The summed E-state index contributed by atoms with van der Waals surface area (Å²) in [6.45, 7) is 2.72. The predicted octanol–water partition coefficient (Wildman–Crippen LogP) is 4.83. The molecule has 0 bridgehead atoms. The molecule has 1 unspecified atom stereocenters. The highest BCUT2D eigenvalue weighted by atomic mass is 79.9. The molecule has 3 heteroatoms. The Morgan fingerprint density at radius 1 is 1.24 bits per heavy atom. The molecule has 0 N–H and O–H groups in total. The Labute approximate surface area is 115 Å². The third-order valence-electron chi connectivity index (χ3n) is 2.52.